The molecule has 0 spiro atoms. The highest BCUT2D eigenvalue weighted by Gasteiger charge is 2.34. The molecule has 1 N–H and O–H groups in total. The molecule has 2 aromatic carbocycles. The minimum atomic E-state index is -3.47. The molecule has 10 nitrogen and oxygen atoms in total. The molecule has 32 heavy (non-hydrogen) atoms. The fourth-order valence-corrected chi connectivity index (χ4v) is 5.90. The third-order valence-electron chi connectivity index (χ3n) is 5.11. The molecule has 3 heterocycles. The van der Waals surface area contributed by atoms with Gasteiger partial charge in [-0.25, -0.2) is 13.2 Å². The van der Waals surface area contributed by atoms with Crippen molar-refractivity contribution >= 4 is 61.8 Å². The van der Waals surface area contributed by atoms with Crippen molar-refractivity contribution in [3.63, 3.8) is 0 Å². The van der Waals surface area contributed by atoms with E-state index < -0.39 is 28.5 Å². The fraction of sp³-hybridized carbons (Fsp3) is 0.200. The third kappa shape index (κ3) is 3.71. The SMILES string of the molecule is O=C1CN(C(=O)COC(=O)c2ccc3c(c2)SC2=NS(=O)(=O)CCN23)c2ccccc2N1. The summed E-state index contributed by atoms with van der Waals surface area (Å²) in [7, 11) is -3.47. The summed E-state index contributed by atoms with van der Waals surface area (Å²) in [5.41, 5.74) is 2.05. The van der Waals surface area contributed by atoms with Crippen LogP contribution in [0.15, 0.2) is 51.8 Å². The number of amidine groups is 1. The molecular weight excluding hydrogens is 456 g/mol. The van der Waals surface area contributed by atoms with Crippen molar-refractivity contribution in [2.75, 3.05) is 40.6 Å². The van der Waals surface area contributed by atoms with E-state index in [0.29, 0.717) is 28.0 Å². The predicted molar refractivity (Wildman–Crippen MR) is 119 cm³/mol. The van der Waals surface area contributed by atoms with Crippen molar-refractivity contribution in [1.29, 1.82) is 0 Å². The first-order valence-corrected chi connectivity index (χ1v) is 12.0. The van der Waals surface area contributed by atoms with Crippen LogP contribution < -0.4 is 15.1 Å². The lowest BCUT2D eigenvalue weighted by molar-refractivity contribution is -0.124. The molecule has 0 saturated heterocycles. The number of thioether (sulfide) groups is 1. The lowest BCUT2D eigenvalue weighted by Crippen LogP contribution is -2.44. The first-order chi connectivity index (χ1) is 15.3. The largest absolute Gasteiger partial charge is 0.452 e. The van der Waals surface area contributed by atoms with Gasteiger partial charge in [-0.15, -0.1) is 4.40 Å². The molecule has 12 heteroatoms. The Morgan fingerprint density at radius 3 is 2.81 bits per heavy atom. The summed E-state index contributed by atoms with van der Waals surface area (Å²) in [6, 6.07) is 11.7. The average molecular weight is 473 g/mol. The lowest BCUT2D eigenvalue weighted by Gasteiger charge is -2.28. The molecule has 2 aromatic rings. The quantitative estimate of drug-likeness (QED) is 0.666. The van der Waals surface area contributed by atoms with Crippen molar-refractivity contribution in [1.82, 2.24) is 0 Å². The topological polar surface area (TPSA) is 125 Å². The van der Waals surface area contributed by atoms with Crippen molar-refractivity contribution < 1.29 is 27.5 Å². The number of esters is 1. The molecular formula is C20H16N4O6S2. The number of anilines is 3. The number of fused-ring (bicyclic) bond motifs is 4. The van der Waals surface area contributed by atoms with Crippen LogP contribution in [0.4, 0.5) is 17.1 Å². The minimum absolute atomic E-state index is 0.0694. The highest BCUT2D eigenvalue weighted by molar-refractivity contribution is 8.15. The smallest absolute Gasteiger partial charge is 0.338 e. The Morgan fingerprint density at radius 1 is 1.16 bits per heavy atom. The van der Waals surface area contributed by atoms with Crippen molar-refractivity contribution in [3.05, 3.63) is 48.0 Å². The van der Waals surface area contributed by atoms with Crippen LogP contribution in [0.25, 0.3) is 0 Å². The zero-order valence-electron chi connectivity index (χ0n) is 16.5. The highest BCUT2D eigenvalue weighted by atomic mass is 32.2. The summed E-state index contributed by atoms with van der Waals surface area (Å²) >= 11 is 1.16. The molecule has 0 unspecified atom stereocenters. The van der Waals surface area contributed by atoms with E-state index in [1.54, 1.807) is 47.4 Å². The Kier molecular flexibility index (Phi) is 4.90. The molecule has 164 valence electrons. The summed E-state index contributed by atoms with van der Waals surface area (Å²) in [5, 5.41) is 3.05. The Balaban J connectivity index is 1.28. The summed E-state index contributed by atoms with van der Waals surface area (Å²) in [4.78, 5) is 40.8. The molecule has 0 atom stereocenters. The number of para-hydroxylation sites is 2. The van der Waals surface area contributed by atoms with E-state index in [1.807, 2.05) is 0 Å². The molecule has 0 fully saturated rings. The summed E-state index contributed by atoms with van der Waals surface area (Å²) in [6.07, 6.45) is 0. The summed E-state index contributed by atoms with van der Waals surface area (Å²) in [5.74, 6) is -1.62. The van der Waals surface area contributed by atoms with Crippen LogP contribution in [-0.4, -0.2) is 56.8 Å². The van der Waals surface area contributed by atoms with Gasteiger partial charge in [-0.3, -0.25) is 14.5 Å². The van der Waals surface area contributed by atoms with Gasteiger partial charge in [0.05, 0.1) is 28.4 Å². The molecule has 0 aliphatic carbocycles. The monoisotopic (exact) mass is 472 g/mol. The van der Waals surface area contributed by atoms with Gasteiger partial charge in [0.2, 0.25) is 5.91 Å². The fourth-order valence-electron chi connectivity index (χ4n) is 3.60. The van der Waals surface area contributed by atoms with Gasteiger partial charge >= 0.3 is 5.97 Å². The van der Waals surface area contributed by atoms with Gasteiger partial charge in [-0.05, 0) is 42.1 Å². The van der Waals surface area contributed by atoms with Gasteiger partial charge in [0, 0.05) is 11.4 Å². The van der Waals surface area contributed by atoms with Gasteiger partial charge in [0.25, 0.3) is 15.9 Å². The van der Waals surface area contributed by atoms with E-state index in [2.05, 4.69) is 9.71 Å². The number of amides is 2. The maximum absolute atomic E-state index is 12.6. The van der Waals surface area contributed by atoms with E-state index in [1.165, 1.54) is 4.90 Å². The molecule has 5 rings (SSSR count). The second-order valence-electron chi connectivity index (χ2n) is 7.22. The van der Waals surface area contributed by atoms with E-state index in [4.69, 9.17) is 4.74 Å². The Morgan fingerprint density at radius 2 is 1.97 bits per heavy atom. The number of sulfonamides is 1. The number of hydrogen-bond donors (Lipinski definition) is 1. The first-order valence-electron chi connectivity index (χ1n) is 9.59. The van der Waals surface area contributed by atoms with E-state index in [0.717, 1.165) is 17.4 Å². The van der Waals surface area contributed by atoms with Crippen molar-refractivity contribution in [3.8, 4) is 0 Å². The predicted octanol–water partition coefficient (Wildman–Crippen LogP) is 1.44. The average Bonchev–Trinajstić information content (AvgIpc) is 3.11. The third-order valence-corrected chi connectivity index (χ3v) is 7.41. The summed E-state index contributed by atoms with van der Waals surface area (Å²) in [6.45, 7) is -0.393. The van der Waals surface area contributed by atoms with E-state index in [-0.39, 0.29) is 23.8 Å². The van der Waals surface area contributed by atoms with Gasteiger partial charge in [0.1, 0.15) is 6.54 Å². The van der Waals surface area contributed by atoms with Crippen LogP contribution in [0.2, 0.25) is 0 Å². The maximum Gasteiger partial charge on any atom is 0.338 e. The zero-order chi connectivity index (χ0) is 22.5. The number of hydrogen-bond acceptors (Lipinski definition) is 8. The number of rotatable bonds is 3. The Bertz CT molecular complexity index is 1310. The van der Waals surface area contributed by atoms with Crippen molar-refractivity contribution in [2.45, 2.75) is 4.90 Å². The normalized spacial score (nSPS) is 18.1. The van der Waals surface area contributed by atoms with E-state index in [9.17, 15) is 22.8 Å². The molecule has 3 aliphatic heterocycles. The molecule has 3 aliphatic rings. The van der Waals surface area contributed by atoms with Crippen LogP contribution in [0.3, 0.4) is 0 Å². The first kappa shape index (κ1) is 20.5. The van der Waals surface area contributed by atoms with E-state index >= 15 is 0 Å². The number of benzene rings is 2. The van der Waals surface area contributed by atoms with Crippen LogP contribution in [0.1, 0.15) is 10.4 Å². The molecule has 0 bridgehead atoms. The molecule has 0 aromatic heterocycles. The Labute approximate surface area is 187 Å². The van der Waals surface area contributed by atoms with Gasteiger partial charge in [-0.2, -0.15) is 0 Å². The lowest BCUT2D eigenvalue weighted by atomic mass is 10.2. The number of ether oxygens (including phenoxy) is 1. The van der Waals surface area contributed by atoms with Gasteiger partial charge in [-0.1, -0.05) is 12.1 Å². The number of carbonyl (C=O) groups is 3. The number of nitrogens with one attached hydrogen (secondary N) is 1. The summed E-state index contributed by atoms with van der Waals surface area (Å²) < 4.78 is 32.4. The number of nitrogens with zero attached hydrogens (tertiary/aromatic N) is 3. The van der Waals surface area contributed by atoms with Crippen molar-refractivity contribution in [2.24, 2.45) is 4.40 Å². The number of carbonyl (C=O) groups excluding carboxylic acids is 3. The molecule has 2 amide bonds. The molecule has 0 saturated carbocycles. The highest BCUT2D eigenvalue weighted by Crippen LogP contribution is 2.42. The minimum Gasteiger partial charge on any atom is -0.452 e. The van der Waals surface area contributed by atoms with Gasteiger partial charge < -0.3 is 15.0 Å². The molecule has 0 radical (unpaired) electrons. The Hall–Kier alpha value is -3.38. The van der Waals surface area contributed by atoms with Crippen LogP contribution in [0.5, 0.6) is 0 Å². The second kappa shape index (κ2) is 7.64. The standard InChI is InChI=1S/C20H16N4O6S2/c25-17-10-24(14-4-2-1-3-13(14)21-17)18(26)11-30-19(27)12-5-6-15-16(9-12)31-20-22-32(28,29)8-7-23(15)20/h1-6,9H,7-8,10-11H2,(H,21,25). The zero-order valence-corrected chi connectivity index (χ0v) is 18.1. The van der Waals surface area contributed by atoms with Crippen LogP contribution in [-0.2, 0) is 24.3 Å². The van der Waals surface area contributed by atoms with Crippen LogP contribution in [0, 0.1) is 0 Å². The second-order valence-corrected chi connectivity index (χ2v) is 9.98. The maximum atomic E-state index is 12.6. The van der Waals surface area contributed by atoms with Crippen LogP contribution >= 0.6 is 11.8 Å². The van der Waals surface area contributed by atoms with Gasteiger partial charge in [0.15, 0.2) is 11.8 Å².